The van der Waals surface area contributed by atoms with Crippen molar-refractivity contribution in [1.82, 2.24) is 0 Å². The third kappa shape index (κ3) is 3.37. The molecule has 0 saturated carbocycles. The smallest absolute Gasteiger partial charge is 0.244 e. The summed E-state index contributed by atoms with van der Waals surface area (Å²) in [5.41, 5.74) is 0.109. The highest BCUT2D eigenvalue weighted by Gasteiger charge is 2.18. The van der Waals surface area contributed by atoms with Crippen molar-refractivity contribution in [2.75, 3.05) is 0 Å². The van der Waals surface area contributed by atoms with Gasteiger partial charge < -0.3 is 0 Å². The average molecular weight is 602 g/mol. The first-order valence-electron chi connectivity index (χ1n) is 7.44. The van der Waals surface area contributed by atoms with Crippen molar-refractivity contribution in [2.24, 2.45) is 0 Å². The Morgan fingerprint density at radius 3 is 1.54 bits per heavy atom. The number of benzene rings is 2. The number of fused-ring (bicyclic) bond motifs is 2. The van der Waals surface area contributed by atoms with Crippen LogP contribution < -0.4 is 9.48 Å². The van der Waals surface area contributed by atoms with Crippen LogP contribution in [0.15, 0.2) is 58.1 Å². The van der Waals surface area contributed by atoms with Crippen LogP contribution in [-0.2, 0) is 0 Å². The van der Waals surface area contributed by atoms with Crippen LogP contribution in [0.3, 0.4) is 0 Å². The van der Waals surface area contributed by atoms with Gasteiger partial charge in [-0.15, -0.1) is 0 Å². The van der Waals surface area contributed by atoms with Gasteiger partial charge in [0, 0.05) is 16.5 Å². The van der Waals surface area contributed by atoms with Gasteiger partial charge in [-0.2, -0.15) is 0 Å². The maximum atomic E-state index is 13.0. The van der Waals surface area contributed by atoms with Crippen LogP contribution >= 0.6 is 67.9 Å². The molecule has 0 aliphatic rings. The van der Waals surface area contributed by atoms with Crippen LogP contribution in [0.5, 0.6) is 0 Å². The summed E-state index contributed by atoms with van der Waals surface area (Å²) in [6.07, 6.45) is 0. The highest BCUT2D eigenvalue weighted by atomic mass is 127. The molecule has 0 aliphatic heterocycles. The summed E-state index contributed by atoms with van der Waals surface area (Å²) in [5, 5.41) is 1.66. The summed E-state index contributed by atoms with van der Waals surface area (Å²) in [7, 11) is 0. The standard InChI is InChI=1S/C19H8I2O3S2/c20-11-1-3-15-9(5-11)7-13(18(23)25-15)17(22)14-8-10-6-12(21)2-4-16(10)26-19(14)24/h1-8H. The fourth-order valence-corrected chi connectivity index (χ4v) is 5.35. The minimum absolute atomic E-state index is 0.0544. The van der Waals surface area contributed by atoms with Gasteiger partial charge in [-0.05, 0) is 104 Å². The second-order valence-electron chi connectivity index (χ2n) is 5.59. The van der Waals surface area contributed by atoms with Gasteiger partial charge in [0.05, 0.1) is 11.1 Å². The summed E-state index contributed by atoms with van der Waals surface area (Å²) in [6.45, 7) is 0. The van der Waals surface area contributed by atoms with E-state index < -0.39 is 5.78 Å². The van der Waals surface area contributed by atoms with Crippen LogP contribution in [0, 0.1) is 7.14 Å². The van der Waals surface area contributed by atoms with E-state index >= 15 is 0 Å². The second kappa shape index (κ2) is 7.10. The molecule has 7 heteroatoms. The Morgan fingerprint density at radius 2 is 1.12 bits per heavy atom. The second-order valence-corrected chi connectivity index (χ2v) is 10.1. The quantitative estimate of drug-likeness (QED) is 0.232. The van der Waals surface area contributed by atoms with E-state index in [0.717, 1.165) is 50.0 Å². The zero-order chi connectivity index (χ0) is 18.4. The first-order valence-corrected chi connectivity index (χ1v) is 11.2. The Morgan fingerprint density at radius 1 is 0.692 bits per heavy atom. The van der Waals surface area contributed by atoms with E-state index in [-0.39, 0.29) is 20.6 Å². The Hall–Kier alpha value is -1.17. The van der Waals surface area contributed by atoms with E-state index in [9.17, 15) is 14.4 Å². The zero-order valence-electron chi connectivity index (χ0n) is 12.9. The average Bonchev–Trinajstić information content (AvgIpc) is 2.60. The summed E-state index contributed by atoms with van der Waals surface area (Å²) in [5.74, 6) is -0.506. The molecule has 0 atom stereocenters. The van der Waals surface area contributed by atoms with Crippen LogP contribution in [0.25, 0.3) is 20.2 Å². The third-order valence-electron chi connectivity index (χ3n) is 3.88. The van der Waals surface area contributed by atoms with Crippen LogP contribution in [-0.4, -0.2) is 5.78 Å². The van der Waals surface area contributed by atoms with Crippen molar-refractivity contribution < 1.29 is 4.79 Å². The van der Waals surface area contributed by atoms with Gasteiger partial charge in [0.15, 0.2) is 0 Å². The highest BCUT2D eigenvalue weighted by Crippen LogP contribution is 2.23. The minimum Gasteiger partial charge on any atom is -0.288 e. The Balaban J connectivity index is 1.92. The molecule has 2 aromatic heterocycles. The molecule has 0 fully saturated rings. The number of carbonyl (C=O) groups is 1. The maximum Gasteiger partial charge on any atom is 0.244 e. The molecule has 0 N–H and O–H groups in total. The van der Waals surface area contributed by atoms with E-state index in [0.29, 0.717) is 0 Å². The summed E-state index contributed by atoms with van der Waals surface area (Å²) in [4.78, 5) is 37.9. The molecule has 2 aromatic carbocycles. The van der Waals surface area contributed by atoms with Crippen LogP contribution in [0.4, 0.5) is 0 Å². The molecule has 0 unspecified atom stereocenters. The van der Waals surface area contributed by atoms with Crippen molar-refractivity contribution in [1.29, 1.82) is 0 Å². The van der Waals surface area contributed by atoms with Gasteiger partial charge in [-0.25, -0.2) is 0 Å². The molecule has 4 rings (SSSR count). The normalized spacial score (nSPS) is 11.2. The van der Waals surface area contributed by atoms with Gasteiger partial charge in [-0.1, -0.05) is 22.7 Å². The number of hydrogen-bond acceptors (Lipinski definition) is 5. The van der Waals surface area contributed by atoms with Gasteiger partial charge in [0.25, 0.3) is 0 Å². The van der Waals surface area contributed by atoms with E-state index in [4.69, 9.17) is 0 Å². The molecule has 0 radical (unpaired) electrons. The molecule has 3 nitrogen and oxygen atoms in total. The molecule has 0 saturated heterocycles. The molecule has 0 bridgehead atoms. The molecule has 26 heavy (non-hydrogen) atoms. The maximum absolute atomic E-state index is 13.0. The minimum atomic E-state index is -0.506. The Kier molecular flexibility index (Phi) is 4.97. The predicted molar refractivity (Wildman–Crippen MR) is 125 cm³/mol. The van der Waals surface area contributed by atoms with Crippen molar-refractivity contribution in [3.63, 3.8) is 0 Å². The lowest BCUT2D eigenvalue weighted by Crippen LogP contribution is -2.18. The molecule has 0 aliphatic carbocycles. The number of halogens is 2. The predicted octanol–water partition coefficient (Wildman–Crippen LogP) is 5.28. The molecule has 4 aromatic rings. The van der Waals surface area contributed by atoms with Crippen molar-refractivity contribution in [3.8, 4) is 0 Å². The van der Waals surface area contributed by atoms with Gasteiger partial charge in [-0.3, -0.25) is 14.4 Å². The molecular formula is C19H8I2O3S2. The lowest BCUT2D eigenvalue weighted by Gasteiger charge is -2.04. The highest BCUT2D eigenvalue weighted by molar-refractivity contribution is 14.1. The number of rotatable bonds is 2. The summed E-state index contributed by atoms with van der Waals surface area (Å²) in [6, 6.07) is 14.6. The van der Waals surface area contributed by atoms with E-state index in [1.807, 2.05) is 36.4 Å². The molecule has 0 spiro atoms. The first kappa shape index (κ1) is 18.2. The van der Waals surface area contributed by atoms with E-state index in [1.165, 1.54) is 0 Å². The SMILES string of the molecule is O=C(c1cc2cc(I)ccc2sc1=O)c1cc2cc(I)ccc2sc1=O. The van der Waals surface area contributed by atoms with Crippen LogP contribution in [0.1, 0.15) is 15.9 Å². The van der Waals surface area contributed by atoms with Gasteiger partial charge >= 0.3 is 0 Å². The lowest BCUT2D eigenvalue weighted by molar-refractivity contribution is 0.103. The molecule has 128 valence electrons. The lowest BCUT2D eigenvalue weighted by atomic mass is 10.1. The van der Waals surface area contributed by atoms with Crippen molar-refractivity contribution >= 4 is 93.8 Å². The Labute approximate surface area is 183 Å². The zero-order valence-corrected chi connectivity index (χ0v) is 18.9. The fourth-order valence-electron chi connectivity index (χ4n) is 2.65. The summed E-state index contributed by atoms with van der Waals surface area (Å²) >= 11 is 6.44. The molecular weight excluding hydrogens is 594 g/mol. The third-order valence-corrected chi connectivity index (χ3v) is 7.21. The van der Waals surface area contributed by atoms with Gasteiger partial charge in [0.1, 0.15) is 0 Å². The first-order chi connectivity index (χ1) is 12.4. The largest absolute Gasteiger partial charge is 0.288 e. The molecule has 0 amide bonds. The van der Waals surface area contributed by atoms with E-state index in [1.54, 1.807) is 12.1 Å². The van der Waals surface area contributed by atoms with Crippen molar-refractivity contribution in [3.05, 3.63) is 85.9 Å². The number of ketones is 1. The number of carbonyl (C=O) groups excluding carboxylic acids is 1. The molecule has 2 heterocycles. The fraction of sp³-hybridized carbons (Fsp3) is 0. The van der Waals surface area contributed by atoms with Gasteiger partial charge in [0.2, 0.25) is 15.3 Å². The summed E-state index contributed by atoms with van der Waals surface area (Å²) < 4.78 is 3.04. The number of hydrogen-bond donors (Lipinski definition) is 0. The Bertz CT molecular complexity index is 1220. The van der Waals surface area contributed by atoms with Crippen LogP contribution in [0.2, 0.25) is 0 Å². The monoisotopic (exact) mass is 602 g/mol. The topological polar surface area (TPSA) is 51.2 Å². The van der Waals surface area contributed by atoms with E-state index in [2.05, 4.69) is 45.2 Å². The van der Waals surface area contributed by atoms with Crippen molar-refractivity contribution in [2.45, 2.75) is 0 Å².